The van der Waals surface area contributed by atoms with Gasteiger partial charge in [-0.15, -0.1) is 12.4 Å². The average Bonchev–Trinajstić information content (AvgIpc) is 2.55. The van der Waals surface area contributed by atoms with Crippen LogP contribution in [0.3, 0.4) is 0 Å². The molecule has 2 nitrogen and oxygen atoms in total. The van der Waals surface area contributed by atoms with Crippen molar-refractivity contribution in [3.63, 3.8) is 0 Å². The molecule has 2 aromatic rings. The Balaban J connectivity index is 0.00000264. The monoisotopic (exact) mass is 335 g/mol. The molecule has 0 aliphatic heterocycles. The van der Waals surface area contributed by atoms with Crippen molar-refractivity contribution in [2.24, 2.45) is 0 Å². The third kappa shape index (κ3) is 6.04. The van der Waals surface area contributed by atoms with E-state index < -0.39 is 0 Å². The lowest BCUT2D eigenvalue weighted by molar-refractivity contribution is 0.336. The van der Waals surface area contributed by atoms with Crippen molar-refractivity contribution >= 4 is 23.2 Å². The van der Waals surface area contributed by atoms with E-state index in [1.54, 1.807) is 0 Å². The zero-order valence-corrected chi connectivity index (χ0v) is 15.3. The third-order valence-corrected chi connectivity index (χ3v) is 4.06. The molecule has 0 unspecified atom stereocenters. The van der Waals surface area contributed by atoms with E-state index >= 15 is 0 Å². The molecular formula is C20H30ClNO. The van der Waals surface area contributed by atoms with Gasteiger partial charge in [0.1, 0.15) is 5.75 Å². The number of fused-ring (bicyclic) bond motifs is 1. The summed E-state index contributed by atoms with van der Waals surface area (Å²) >= 11 is 0. The van der Waals surface area contributed by atoms with Gasteiger partial charge >= 0.3 is 0 Å². The number of unbranched alkanes of at least 4 members (excludes halogenated alkanes) is 4. The van der Waals surface area contributed by atoms with Crippen LogP contribution in [0.2, 0.25) is 0 Å². The third-order valence-electron chi connectivity index (χ3n) is 4.06. The second-order valence-electron chi connectivity index (χ2n) is 5.79. The first-order valence-electron chi connectivity index (χ1n) is 8.71. The number of hydrogen-bond acceptors (Lipinski definition) is 2. The van der Waals surface area contributed by atoms with Crippen LogP contribution in [0, 0.1) is 0 Å². The highest BCUT2D eigenvalue weighted by Gasteiger charge is 2.08. The van der Waals surface area contributed by atoms with Crippen molar-refractivity contribution in [3.05, 3.63) is 42.0 Å². The summed E-state index contributed by atoms with van der Waals surface area (Å²) in [5, 5.41) is 6.17. The van der Waals surface area contributed by atoms with Crippen molar-refractivity contribution in [2.75, 3.05) is 13.2 Å². The Labute approximate surface area is 147 Å². The molecule has 0 bridgehead atoms. The molecule has 23 heavy (non-hydrogen) atoms. The molecule has 2 aromatic carbocycles. The summed E-state index contributed by atoms with van der Waals surface area (Å²) < 4.78 is 5.82. The predicted octanol–water partition coefficient (Wildman–Crippen LogP) is 5.72. The zero-order chi connectivity index (χ0) is 15.6. The van der Waals surface area contributed by atoms with Gasteiger partial charge in [0.15, 0.2) is 0 Å². The number of nitrogens with one attached hydrogen (secondary N) is 1. The number of hydrogen-bond donors (Lipinski definition) is 1. The second-order valence-corrected chi connectivity index (χ2v) is 5.79. The van der Waals surface area contributed by atoms with Gasteiger partial charge in [-0.1, -0.05) is 62.9 Å². The van der Waals surface area contributed by atoms with Crippen molar-refractivity contribution in [1.82, 2.24) is 5.32 Å². The maximum absolute atomic E-state index is 5.82. The van der Waals surface area contributed by atoms with E-state index in [-0.39, 0.29) is 12.4 Å². The molecule has 0 aliphatic carbocycles. The Kier molecular flexibility index (Phi) is 9.74. The Morgan fingerprint density at radius 1 is 0.913 bits per heavy atom. The number of halogens is 1. The molecule has 2 rings (SSSR count). The molecule has 0 radical (unpaired) electrons. The van der Waals surface area contributed by atoms with Gasteiger partial charge in [-0.25, -0.2) is 0 Å². The van der Waals surface area contributed by atoms with Crippen molar-refractivity contribution in [1.29, 1.82) is 0 Å². The van der Waals surface area contributed by atoms with E-state index in [0.717, 1.165) is 18.8 Å². The van der Waals surface area contributed by atoms with E-state index in [2.05, 4.69) is 48.6 Å². The molecule has 0 saturated heterocycles. The van der Waals surface area contributed by atoms with Gasteiger partial charge in [0.25, 0.3) is 0 Å². The van der Waals surface area contributed by atoms with Gasteiger partial charge in [-0.3, -0.25) is 0 Å². The predicted molar refractivity (Wildman–Crippen MR) is 103 cm³/mol. The minimum absolute atomic E-state index is 0. The SMILES string of the molecule is CCCCCCCNCc1c(OCC)ccc2ccccc12.Cl. The van der Waals surface area contributed by atoms with Crippen LogP contribution in [0.15, 0.2) is 36.4 Å². The van der Waals surface area contributed by atoms with Gasteiger partial charge in [0, 0.05) is 12.1 Å². The summed E-state index contributed by atoms with van der Waals surface area (Å²) in [6, 6.07) is 12.8. The molecular weight excluding hydrogens is 306 g/mol. The Hall–Kier alpha value is -1.25. The van der Waals surface area contributed by atoms with Crippen LogP contribution < -0.4 is 10.1 Å². The molecule has 0 heterocycles. The normalized spacial score (nSPS) is 10.5. The number of benzene rings is 2. The fraction of sp³-hybridized carbons (Fsp3) is 0.500. The minimum atomic E-state index is 0. The Bertz CT molecular complexity index is 571. The molecule has 0 fully saturated rings. The summed E-state index contributed by atoms with van der Waals surface area (Å²) in [7, 11) is 0. The summed E-state index contributed by atoms with van der Waals surface area (Å²) in [4.78, 5) is 0. The first-order chi connectivity index (χ1) is 10.9. The molecule has 0 aliphatic rings. The lowest BCUT2D eigenvalue weighted by Gasteiger charge is -2.14. The maximum atomic E-state index is 5.82. The van der Waals surface area contributed by atoms with Gasteiger partial charge in [-0.05, 0) is 36.7 Å². The molecule has 3 heteroatoms. The van der Waals surface area contributed by atoms with E-state index in [1.165, 1.54) is 48.4 Å². The number of ether oxygens (including phenoxy) is 1. The summed E-state index contributed by atoms with van der Waals surface area (Å²) in [6.45, 7) is 6.97. The highest BCUT2D eigenvalue weighted by atomic mass is 35.5. The molecule has 128 valence electrons. The Morgan fingerprint density at radius 2 is 1.70 bits per heavy atom. The van der Waals surface area contributed by atoms with Crippen molar-refractivity contribution < 1.29 is 4.74 Å². The number of rotatable bonds is 10. The van der Waals surface area contributed by atoms with Crippen molar-refractivity contribution in [3.8, 4) is 5.75 Å². The standard InChI is InChI=1S/C20H29NO.ClH/c1-3-5-6-7-10-15-21-16-19-18-12-9-8-11-17(18)13-14-20(19)22-4-2;/h8-9,11-14,21H,3-7,10,15-16H2,1-2H3;1H. The van der Waals surface area contributed by atoms with Crippen LogP contribution in [0.4, 0.5) is 0 Å². The molecule has 0 atom stereocenters. The van der Waals surface area contributed by atoms with Crippen LogP contribution in [0.1, 0.15) is 51.5 Å². The smallest absolute Gasteiger partial charge is 0.124 e. The first kappa shape index (κ1) is 19.8. The lowest BCUT2D eigenvalue weighted by Crippen LogP contribution is -2.15. The van der Waals surface area contributed by atoms with E-state index in [1.807, 2.05) is 6.92 Å². The van der Waals surface area contributed by atoms with Crippen LogP contribution in [-0.2, 0) is 6.54 Å². The summed E-state index contributed by atoms with van der Waals surface area (Å²) in [6.07, 6.45) is 6.61. The Morgan fingerprint density at radius 3 is 2.48 bits per heavy atom. The maximum Gasteiger partial charge on any atom is 0.124 e. The highest BCUT2D eigenvalue weighted by Crippen LogP contribution is 2.28. The van der Waals surface area contributed by atoms with Crippen LogP contribution >= 0.6 is 12.4 Å². The molecule has 0 spiro atoms. The van der Waals surface area contributed by atoms with E-state index in [9.17, 15) is 0 Å². The average molecular weight is 336 g/mol. The molecule has 0 saturated carbocycles. The lowest BCUT2D eigenvalue weighted by atomic mass is 10.0. The molecule has 1 N–H and O–H groups in total. The second kappa shape index (κ2) is 11.3. The quantitative estimate of drug-likeness (QED) is 0.560. The van der Waals surface area contributed by atoms with Crippen molar-refractivity contribution in [2.45, 2.75) is 52.5 Å². The summed E-state index contributed by atoms with van der Waals surface area (Å²) in [5.41, 5.74) is 1.29. The first-order valence-corrected chi connectivity index (χ1v) is 8.71. The highest BCUT2D eigenvalue weighted by molar-refractivity contribution is 5.87. The largest absolute Gasteiger partial charge is 0.494 e. The van der Waals surface area contributed by atoms with Gasteiger partial charge in [0.05, 0.1) is 6.61 Å². The van der Waals surface area contributed by atoms with E-state index in [0.29, 0.717) is 6.61 Å². The van der Waals surface area contributed by atoms with Gasteiger partial charge in [-0.2, -0.15) is 0 Å². The van der Waals surface area contributed by atoms with Crippen LogP contribution in [0.5, 0.6) is 5.75 Å². The minimum Gasteiger partial charge on any atom is -0.494 e. The fourth-order valence-corrected chi connectivity index (χ4v) is 2.86. The zero-order valence-electron chi connectivity index (χ0n) is 14.4. The van der Waals surface area contributed by atoms with Crippen LogP contribution in [0.25, 0.3) is 10.8 Å². The van der Waals surface area contributed by atoms with Crippen LogP contribution in [-0.4, -0.2) is 13.2 Å². The van der Waals surface area contributed by atoms with Gasteiger partial charge in [0.2, 0.25) is 0 Å². The summed E-state index contributed by atoms with van der Waals surface area (Å²) in [5.74, 6) is 1.01. The van der Waals surface area contributed by atoms with Gasteiger partial charge < -0.3 is 10.1 Å². The van der Waals surface area contributed by atoms with E-state index in [4.69, 9.17) is 4.74 Å². The fourth-order valence-electron chi connectivity index (χ4n) is 2.86. The topological polar surface area (TPSA) is 21.3 Å². The molecule has 0 amide bonds. The molecule has 0 aromatic heterocycles.